The standard InChI is InChI=1S/C25H28N4O2/c30-24(22-8-4-17-29(18-22)25-27-14-5-15-28-25)26-16-13-20-9-11-23(12-10-20)31-19-21-6-2-1-3-7-21/h1-3,5-7,9-12,14-15,22H,4,8,13,16-19H2,(H,26,30). The van der Waals surface area contributed by atoms with E-state index >= 15 is 0 Å². The monoisotopic (exact) mass is 416 g/mol. The van der Waals surface area contributed by atoms with E-state index in [1.807, 2.05) is 30.3 Å². The number of hydrogen-bond acceptors (Lipinski definition) is 5. The molecule has 6 heteroatoms. The molecule has 6 nitrogen and oxygen atoms in total. The lowest BCUT2D eigenvalue weighted by Gasteiger charge is -2.31. The Morgan fingerprint density at radius 3 is 2.55 bits per heavy atom. The number of nitrogens with zero attached hydrogens (tertiary/aromatic N) is 3. The molecule has 1 unspecified atom stereocenters. The summed E-state index contributed by atoms with van der Waals surface area (Å²) in [6.07, 6.45) is 6.15. The van der Waals surface area contributed by atoms with Gasteiger partial charge in [0.1, 0.15) is 12.4 Å². The zero-order valence-electron chi connectivity index (χ0n) is 17.6. The van der Waals surface area contributed by atoms with E-state index in [9.17, 15) is 4.79 Å². The summed E-state index contributed by atoms with van der Waals surface area (Å²) in [5, 5.41) is 3.10. The molecule has 4 rings (SSSR count). The van der Waals surface area contributed by atoms with Gasteiger partial charge < -0.3 is 15.0 Å². The highest BCUT2D eigenvalue weighted by Crippen LogP contribution is 2.20. The first-order valence-electron chi connectivity index (χ1n) is 10.8. The first kappa shape index (κ1) is 20.8. The first-order valence-corrected chi connectivity index (χ1v) is 10.8. The molecular weight excluding hydrogens is 388 g/mol. The van der Waals surface area contributed by atoms with Crippen LogP contribution in [0.25, 0.3) is 0 Å². The van der Waals surface area contributed by atoms with E-state index in [1.54, 1.807) is 18.5 Å². The van der Waals surface area contributed by atoms with Crippen LogP contribution in [0.5, 0.6) is 5.75 Å². The quantitative estimate of drug-likeness (QED) is 0.607. The van der Waals surface area contributed by atoms with Crippen LogP contribution in [0.4, 0.5) is 5.95 Å². The third-order valence-electron chi connectivity index (χ3n) is 5.51. The van der Waals surface area contributed by atoms with Gasteiger partial charge in [-0.15, -0.1) is 0 Å². The highest BCUT2D eigenvalue weighted by Gasteiger charge is 2.26. The molecular formula is C25H28N4O2. The van der Waals surface area contributed by atoms with Crippen molar-refractivity contribution in [1.82, 2.24) is 15.3 Å². The second-order valence-corrected chi connectivity index (χ2v) is 7.79. The predicted molar refractivity (Wildman–Crippen MR) is 121 cm³/mol. The number of carbonyl (C=O) groups is 1. The van der Waals surface area contributed by atoms with Crippen LogP contribution in [0.1, 0.15) is 24.0 Å². The Labute approximate surface area is 183 Å². The van der Waals surface area contributed by atoms with Crippen molar-refractivity contribution in [2.45, 2.75) is 25.9 Å². The molecule has 0 radical (unpaired) electrons. The molecule has 0 bridgehead atoms. The molecule has 1 aliphatic heterocycles. The minimum atomic E-state index is -0.0219. The van der Waals surface area contributed by atoms with E-state index in [1.165, 1.54) is 5.56 Å². The molecule has 1 atom stereocenters. The van der Waals surface area contributed by atoms with Gasteiger partial charge in [-0.1, -0.05) is 42.5 Å². The molecule has 0 spiro atoms. The van der Waals surface area contributed by atoms with Crippen molar-refractivity contribution < 1.29 is 9.53 Å². The fourth-order valence-corrected chi connectivity index (χ4v) is 3.79. The van der Waals surface area contributed by atoms with E-state index in [-0.39, 0.29) is 11.8 Å². The van der Waals surface area contributed by atoms with Crippen LogP contribution in [-0.2, 0) is 17.8 Å². The summed E-state index contributed by atoms with van der Waals surface area (Å²) in [6.45, 7) is 2.75. The highest BCUT2D eigenvalue weighted by atomic mass is 16.5. The van der Waals surface area contributed by atoms with Crippen LogP contribution in [0.3, 0.4) is 0 Å². The van der Waals surface area contributed by atoms with Gasteiger partial charge in [-0.2, -0.15) is 0 Å². The van der Waals surface area contributed by atoms with Crippen molar-refractivity contribution in [3.05, 3.63) is 84.2 Å². The van der Waals surface area contributed by atoms with E-state index in [0.29, 0.717) is 25.6 Å². The normalized spacial score (nSPS) is 16.0. The Kier molecular flexibility index (Phi) is 7.11. The molecule has 2 aromatic carbocycles. The van der Waals surface area contributed by atoms with Gasteiger partial charge in [-0.3, -0.25) is 4.79 Å². The number of nitrogens with one attached hydrogen (secondary N) is 1. The highest BCUT2D eigenvalue weighted by molar-refractivity contribution is 5.79. The molecule has 1 aromatic heterocycles. The van der Waals surface area contributed by atoms with Crippen LogP contribution in [0.2, 0.25) is 0 Å². The number of benzene rings is 2. The van der Waals surface area contributed by atoms with E-state index in [4.69, 9.17) is 4.74 Å². The maximum Gasteiger partial charge on any atom is 0.225 e. The van der Waals surface area contributed by atoms with Gasteiger partial charge >= 0.3 is 0 Å². The van der Waals surface area contributed by atoms with Gasteiger partial charge in [-0.05, 0) is 48.6 Å². The zero-order chi connectivity index (χ0) is 21.3. The number of aromatic nitrogens is 2. The van der Waals surface area contributed by atoms with Crippen LogP contribution in [0, 0.1) is 5.92 Å². The minimum Gasteiger partial charge on any atom is -0.489 e. The Morgan fingerprint density at radius 2 is 1.77 bits per heavy atom. The maximum atomic E-state index is 12.6. The maximum absolute atomic E-state index is 12.6. The summed E-state index contributed by atoms with van der Waals surface area (Å²) in [7, 11) is 0. The van der Waals surface area contributed by atoms with Gasteiger partial charge in [0.15, 0.2) is 0 Å². The number of rotatable bonds is 8. The summed E-state index contributed by atoms with van der Waals surface area (Å²) in [5.41, 5.74) is 2.32. The van der Waals surface area contributed by atoms with Crippen molar-refractivity contribution in [2.75, 3.05) is 24.5 Å². The molecule has 1 N–H and O–H groups in total. The number of anilines is 1. The van der Waals surface area contributed by atoms with Crippen molar-refractivity contribution in [3.63, 3.8) is 0 Å². The molecule has 160 valence electrons. The van der Waals surface area contributed by atoms with E-state index < -0.39 is 0 Å². The van der Waals surface area contributed by atoms with Gasteiger partial charge in [0, 0.05) is 32.0 Å². The lowest BCUT2D eigenvalue weighted by molar-refractivity contribution is -0.125. The lowest BCUT2D eigenvalue weighted by atomic mass is 9.97. The topological polar surface area (TPSA) is 67.3 Å². The zero-order valence-corrected chi connectivity index (χ0v) is 17.6. The molecule has 1 fully saturated rings. The number of amides is 1. The van der Waals surface area contributed by atoms with Crippen molar-refractivity contribution in [1.29, 1.82) is 0 Å². The van der Waals surface area contributed by atoms with Crippen LogP contribution in [0.15, 0.2) is 73.1 Å². The van der Waals surface area contributed by atoms with Gasteiger partial charge in [0.2, 0.25) is 11.9 Å². The number of piperidine rings is 1. The first-order chi connectivity index (χ1) is 15.3. The molecule has 0 aliphatic carbocycles. The molecule has 1 aliphatic rings. The second-order valence-electron chi connectivity index (χ2n) is 7.79. The fraction of sp³-hybridized carbons (Fsp3) is 0.320. The average Bonchev–Trinajstić information content (AvgIpc) is 2.85. The number of carbonyl (C=O) groups excluding carboxylic acids is 1. The van der Waals surface area contributed by atoms with Gasteiger partial charge in [0.05, 0.1) is 5.92 Å². The predicted octanol–water partition coefficient (Wildman–Crippen LogP) is 3.63. The van der Waals surface area contributed by atoms with Crippen molar-refractivity contribution in [2.24, 2.45) is 5.92 Å². The van der Waals surface area contributed by atoms with Gasteiger partial charge in [0.25, 0.3) is 0 Å². The third kappa shape index (κ3) is 6.04. The van der Waals surface area contributed by atoms with Crippen LogP contribution < -0.4 is 15.0 Å². The van der Waals surface area contributed by atoms with Crippen molar-refractivity contribution in [3.8, 4) is 5.75 Å². The second kappa shape index (κ2) is 10.6. The molecule has 0 saturated carbocycles. The average molecular weight is 417 g/mol. The molecule has 1 amide bonds. The van der Waals surface area contributed by atoms with E-state index in [0.717, 1.165) is 37.1 Å². The van der Waals surface area contributed by atoms with Gasteiger partial charge in [-0.25, -0.2) is 9.97 Å². The Bertz CT molecular complexity index is 948. The molecule has 1 saturated heterocycles. The fourth-order valence-electron chi connectivity index (χ4n) is 3.79. The van der Waals surface area contributed by atoms with Crippen LogP contribution >= 0.6 is 0 Å². The summed E-state index contributed by atoms with van der Waals surface area (Å²) in [4.78, 5) is 23.4. The summed E-state index contributed by atoms with van der Waals surface area (Å²) >= 11 is 0. The smallest absolute Gasteiger partial charge is 0.225 e. The largest absolute Gasteiger partial charge is 0.489 e. The number of ether oxygens (including phenoxy) is 1. The van der Waals surface area contributed by atoms with E-state index in [2.05, 4.69) is 44.5 Å². The SMILES string of the molecule is O=C(NCCc1ccc(OCc2ccccc2)cc1)C1CCCN(c2ncccn2)C1. The Balaban J connectivity index is 1.20. The molecule has 3 aromatic rings. The molecule has 31 heavy (non-hydrogen) atoms. The summed E-state index contributed by atoms with van der Waals surface area (Å²) in [5.74, 6) is 1.64. The lowest BCUT2D eigenvalue weighted by Crippen LogP contribution is -2.44. The Hall–Kier alpha value is -3.41. The van der Waals surface area contributed by atoms with Crippen molar-refractivity contribution >= 4 is 11.9 Å². The molecule has 2 heterocycles. The summed E-state index contributed by atoms with van der Waals surface area (Å²) < 4.78 is 5.83. The Morgan fingerprint density at radius 1 is 1.00 bits per heavy atom. The van der Waals surface area contributed by atoms with Crippen LogP contribution in [-0.4, -0.2) is 35.5 Å². The third-order valence-corrected chi connectivity index (χ3v) is 5.51. The summed E-state index contributed by atoms with van der Waals surface area (Å²) in [6, 6.07) is 20.0. The number of hydrogen-bond donors (Lipinski definition) is 1. The minimum absolute atomic E-state index is 0.0219.